The van der Waals surface area contributed by atoms with Crippen molar-refractivity contribution >= 4 is 21.6 Å². The van der Waals surface area contributed by atoms with E-state index in [4.69, 9.17) is 5.11 Å². The van der Waals surface area contributed by atoms with Crippen molar-refractivity contribution in [1.82, 2.24) is 0 Å². The molecule has 0 saturated heterocycles. The lowest BCUT2D eigenvalue weighted by Crippen LogP contribution is -2.09. The van der Waals surface area contributed by atoms with Gasteiger partial charge in [0.25, 0.3) is 0 Å². The Morgan fingerprint density at radius 2 is 1.85 bits per heavy atom. The Bertz CT molecular complexity index is 199. The van der Waals surface area contributed by atoms with E-state index in [1.54, 1.807) is 18.7 Å². The molecule has 0 aliphatic carbocycles. The average molecular weight is 226 g/mol. The number of rotatable bonds is 8. The number of aliphatic hydroxyl groups excluding tert-OH is 1. The Labute approximate surface area is 84.8 Å². The molecule has 0 aliphatic rings. The summed E-state index contributed by atoms with van der Waals surface area (Å²) in [6.07, 6.45) is 1.53. The van der Waals surface area contributed by atoms with E-state index in [0.717, 1.165) is 24.3 Å². The summed E-state index contributed by atoms with van der Waals surface area (Å²) < 4.78 is 22.1. The second-order valence-electron chi connectivity index (χ2n) is 2.78. The fraction of sp³-hybridized carbons (Fsp3) is 1.00. The first kappa shape index (κ1) is 13.3. The second-order valence-corrected chi connectivity index (χ2v) is 6.48. The molecule has 0 bridgehead atoms. The van der Waals surface area contributed by atoms with Gasteiger partial charge in [-0.15, -0.1) is 0 Å². The van der Waals surface area contributed by atoms with Crippen LogP contribution in [0, 0.1) is 0 Å². The highest BCUT2D eigenvalue weighted by Gasteiger charge is 2.05. The molecule has 0 atom stereocenters. The van der Waals surface area contributed by atoms with Crippen molar-refractivity contribution in [3.05, 3.63) is 0 Å². The van der Waals surface area contributed by atoms with Crippen LogP contribution in [-0.4, -0.2) is 43.1 Å². The SMILES string of the molecule is CCS(=O)(=O)CCCSCCCO. The largest absolute Gasteiger partial charge is 0.396 e. The summed E-state index contributed by atoms with van der Waals surface area (Å²) in [5.41, 5.74) is 0. The van der Waals surface area contributed by atoms with E-state index in [1.807, 2.05) is 0 Å². The molecular weight excluding hydrogens is 208 g/mol. The van der Waals surface area contributed by atoms with Crippen molar-refractivity contribution in [2.45, 2.75) is 19.8 Å². The van der Waals surface area contributed by atoms with Crippen molar-refractivity contribution in [3.63, 3.8) is 0 Å². The number of sulfone groups is 1. The quantitative estimate of drug-likeness (QED) is 0.626. The molecule has 1 N–H and O–H groups in total. The van der Waals surface area contributed by atoms with E-state index in [0.29, 0.717) is 5.75 Å². The van der Waals surface area contributed by atoms with Gasteiger partial charge in [-0.1, -0.05) is 6.92 Å². The Kier molecular flexibility index (Phi) is 7.80. The van der Waals surface area contributed by atoms with Gasteiger partial charge in [0.1, 0.15) is 9.84 Å². The van der Waals surface area contributed by atoms with Crippen molar-refractivity contribution in [1.29, 1.82) is 0 Å². The third kappa shape index (κ3) is 8.59. The summed E-state index contributed by atoms with van der Waals surface area (Å²) in [4.78, 5) is 0. The predicted molar refractivity (Wildman–Crippen MR) is 58.0 cm³/mol. The number of hydrogen-bond donors (Lipinski definition) is 1. The Hall–Kier alpha value is 0.260. The smallest absolute Gasteiger partial charge is 0.150 e. The zero-order valence-corrected chi connectivity index (χ0v) is 9.66. The van der Waals surface area contributed by atoms with Gasteiger partial charge in [-0.05, 0) is 24.3 Å². The van der Waals surface area contributed by atoms with Crippen molar-refractivity contribution < 1.29 is 13.5 Å². The number of hydrogen-bond acceptors (Lipinski definition) is 4. The van der Waals surface area contributed by atoms with Crippen LogP contribution < -0.4 is 0 Å². The van der Waals surface area contributed by atoms with E-state index in [2.05, 4.69) is 0 Å². The molecule has 5 heteroatoms. The molecule has 3 nitrogen and oxygen atoms in total. The van der Waals surface area contributed by atoms with Crippen LogP contribution in [0.4, 0.5) is 0 Å². The van der Waals surface area contributed by atoms with Crippen LogP contribution in [0.15, 0.2) is 0 Å². The molecule has 0 aliphatic heterocycles. The number of aliphatic hydroxyl groups is 1. The maximum Gasteiger partial charge on any atom is 0.150 e. The lowest BCUT2D eigenvalue weighted by molar-refractivity contribution is 0.296. The van der Waals surface area contributed by atoms with E-state index in [9.17, 15) is 8.42 Å². The van der Waals surface area contributed by atoms with E-state index >= 15 is 0 Å². The van der Waals surface area contributed by atoms with Crippen LogP contribution in [0.25, 0.3) is 0 Å². The lowest BCUT2D eigenvalue weighted by atomic mass is 10.5. The van der Waals surface area contributed by atoms with Crippen LogP contribution in [-0.2, 0) is 9.84 Å². The molecule has 0 rings (SSSR count). The monoisotopic (exact) mass is 226 g/mol. The molecule has 80 valence electrons. The molecule has 0 spiro atoms. The molecule has 0 aromatic rings. The zero-order valence-electron chi connectivity index (χ0n) is 8.03. The van der Waals surface area contributed by atoms with Crippen molar-refractivity contribution in [3.8, 4) is 0 Å². The Balaban J connectivity index is 3.26. The standard InChI is InChI=1S/C8H18O3S2/c1-2-13(10,11)8-4-7-12-6-3-5-9/h9H,2-8H2,1H3. The van der Waals surface area contributed by atoms with Crippen LogP contribution in [0.3, 0.4) is 0 Å². The minimum atomic E-state index is -2.77. The topological polar surface area (TPSA) is 54.4 Å². The molecule has 0 saturated carbocycles. The first-order valence-electron chi connectivity index (χ1n) is 4.51. The fourth-order valence-corrected chi connectivity index (χ4v) is 2.74. The Morgan fingerprint density at radius 3 is 2.38 bits per heavy atom. The fourth-order valence-electron chi connectivity index (χ4n) is 0.794. The van der Waals surface area contributed by atoms with Gasteiger partial charge in [0.05, 0.1) is 5.75 Å². The second kappa shape index (κ2) is 7.64. The maximum atomic E-state index is 11.0. The van der Waals surface area contributed by atoms with Crippen molar-refractivity contribution in [2.75, 3.05) is 29.6 Å². The molecule has 0 radical (unpaired) electrons. The highest BCUT2D eigenvalue weighted by molar-refractivity contribution is 7.99. The van der Waals surface area contributed by atoms with Gasteiger partial charge >= 0.3 is 0 Å². The molecule has 0 amide bonds. The maximum absolute atomic E-state index is 11.0. The molecule has 0 aromatic heterocycles. The van der Waals surface area contributed by atoms with Gasteiger partial charge < -0.3 is 5.11 Å². The molecule has 0 heterocycles. The van der Waals surface area contributed by atoms with Crippen LogP contribution in [0.5, 0.6) is 0 Å². The highest BCUT2D eigenvalue weighted by atomic mass is 32.2. The first-order valence-corrected chi connectivity index (χ1v) is 7.49. The minimum absolute atomic E-state index is 0.222. The molecule has 0 aromatic carbocycles. The van der Waals surface area contributed by atoms with Crippen LogP contribution in [0.2, 0.25) is 0 Å². The summed E-state index contributed by atoms with van der Waals surface area (Å²) in [6.45, 7) is 1.90. The Morgan fingerprint density at radius 1 is 1.23 bits per heavy atom. The van der Waals surface area contributed by atoms with Crippen molar-refractivity contribution in [2.24, 2.45) is 0 Å². The third-order valence-electron chi connectivity index (χ3n) is 1.63. The average Bonchev–Trinajstić information content (AvgIpc) is 2.11. The summed E-state index contributed by atoms with van der Waals surface area (Å²) in [5.74, 6) is 2.34. The zero-order chi connectivity index (χ0) is 10.2. The van der Waals surface area contributed by atoms with Gasteiger partial charge in [-0.25, -0.2) is 8.42 Å². The molecule has 0 unspecified atom stereocenters. The van der Waals surface area contributed by atoms with Crippen LogP contribution in [0.1, 0.15) is 19.8 Å². The predicted octanol–water partition coefficient (Wildman–Crippen LogP) is 0.927. The minimum Gasteiger partial charge on any atom is -0.396 e. The van der Waals surface area contributed by atoms with E-state index < -0.39 is 9.84 Å². The summed E-state index contributed by atoms with van der Waals surface area (Å²) >= 11 is 1.70. The van der Waals surface area contributed by atoms with Gasteiger partial charge in [0, 0.05) is 12.4 Å². The van der Waals surface area contributed by atoms with E-state index in [1.165, 1.54) is 0 Å². The summed E-state index contributed by atoms with van der Waals surface area (Å²) in [6, 6.07) is 0. The first-order chi connectivity index (χ1) is 6.12. The van der Waals surface area contributed by atoms with Crippen LogP contribution >= 0.6 is 11.8 Å². The third-order valence-corrected chi connectivity index (χ3v) is 4.58. The summed E-state index contributed by atoms with van der Waals surface area (Å²) in [7, 11) is -2.77. The normalized spacial score (nSPS) is 11.8. The van der Waals surface area contributed by atoms with Gasteiger partial charge in [-0.3, -0.25) is 0 Å². The highest BCUT2D eigenvalue weighted by Crippen LogP contribution is 2.05. The van der Waals surface area contributed by atoms with Gasteiger partial charge in [-0.2, -0.15) is 11.8 Å². The number of thioether (sulfide) groups is 1. The van der Waals surface area contributed by atoms with Gasteiger partial charge in [0.15, 0.2) is 0 Å². The van der Waals surface area contributed by atoms with E-state index in [-0.39, 0.29) is 12.4 Å². The lowest BCUT2D eigenvalue weighted by Gasteiger charge is -2.00. The molecule has 13 heavy (non-hydrogen) atoms. The van der Waals surface area contributed by atoms with Gasteiger partial charge in [0.2, 0.25) is 0 Å². The molecule has 0 fully saturated rings. The summed E-state index contributed by atoms with van der Waals surface area (Å²) in [5, 5.41) is 8.48. The molecular formula is C8H18O3S2.